The first-order valence-electron chi connectivity index (χ1n) is 18.6. The number of rotatable bonds is 24. The molecule has 0 aliphatic carbocycles. The van der Waals surface area contributed by atoms with Crippen LogP contribution in [0, 0.1) is 0 Å². The van der Waals surface area contributed by atoms with Gasteiger partial charge in [-0.3, -0.25) is 28.8 Å². The highest BCUT2D eigenvalue weighted by molar-refractivity contribution is 6.63. The maximum absolute atomic E-state index is 12.3. The number of halogens is 1. The Bertz CT molecular complexity index is 928. The molecule has 9 nitrogen and oxygen atoms in total. The first-order chi connectivity index (χ1) is 22.5. The van der Waals surface area contributed by atoms with Crippen LogP contribution in [0.25, 0.3) is 0 Å². The molecule has 10 heteroatoms. The highest BCUT2D eigenvalue weighted by Crippen LogP contribution is 2.19. The third-order valence-electron chi connectivity index (χ3n) is 8.85. The molecule has 2 fully saturated rings. The van der Waals surface area contributed by atoms with Gasteiger partial charge in [0.2, 0.25) is 23.0 Å². The fraction of sp³-hybridized carbons (Fsp3) is 0.838. The lowest BCUT2D eigenvalue weighted by molar-refractivity contribution is -0.138. The summed E-state index contributed by atoms with van der Waals surface area (Å²) in [4.78, 5) is 71.8. The van der Waals surface area contributed by atoms with Crippen LogP contribution in [0.15, 0.2) is 0 Å². The highest BCUT2D eigenvalue weighted by Gasteiger charge is 2.32. The largest absolute Gasteiger partial charge is 0.368 e. The molecule has 2 aliphatic heterocycles. The Kier molecular flexibility index (Phi) is 27.3. The second-order valence-electron chi connectivity index (χ2n) is 12.9. The fourth-order valence-electron chi connectivity index (χ4n) is 6.10. The second-order valence-corrected chi connectivity index (χ2v) is 13.3. The molecular weight excluding hydrogens is 618 g/mol. The smallest absolute Gasteiger partial charge is 0.240 e. The quantitative estimate of drug-likeness (QED) is 0.0626. The predicted molar refractivity (Wildman–Crippen MR) is 190 cm³/mol. The minimum absolute atomic E-state index is 0.00186. The molecule has 0 spiro atoms. The Morgan fingerprint density at radius 3 is 1.40 bits per heavy atom. The monoisotopic (exact) mass is 683 g/mol. The normalized spacial score (nSPS) is 15.4. The van der Waals surface area contributed by atoms with E-state index < -0.39 is 5.91 Å². The molecule has 47 heavy (non-hydrogen) atoms. The van der Waals surface area contributed by atoms with Gasteiger partial charge in [-0.1, -0.05) is 105 Å². The van der Waals surface area contributed by atoms with Crippen LogP contribution in [-0.4, -0.2) is 69.5 Å². The minimum Gasteiger partial charge on any atom is -0.368 e. The standard InChI is InChI=1S/C19H33NO3.C10H19ClO.C8H14N2O2/c1-3-5-6-7-8-9-10-12-16(21)15-18(22)17(4-2)20-14-11-13-19(20)23;1-2-3-4-5-6-7-8-9-10(11)12;1-2-6(8(9)12)10-5-3-4-7(10)11/h17H,3-15H2,1-2H3;2-9H2,1H3;6H,2-5H2,1H3,(H2,9,12)/t17-;;6-/m0.0/s1. The maximum atomic E-state index is 12.3. The van der Waals surface area contributed by atoms with Crippen molar-refractivity contribution >= 4 is 46.1 Å². The summed E-state index contributed by atoms with van der Waals surface area (Å²) in [5, 5.41) is -0.191. The molecule has 2 saturated heterocycles. The van der Waals surface area contributed by atoms with Crippen molar-refractivity contribution in [2.75, 3.05) is 13.1 Å². The lowest BCUT2D eigenvalue weighted by atomic mass is 10.00. The SMILES string of the molecule is CCCCCCCCCC(=O)CC(=O)[C@H](CC)N1CCCC1=O.CCCCCCCCCC(=O)Cl.CC[C@@H](C(N)=O)N1CCCC1=O. The molecule has 0 aromatic rings. The van der Waals surface area contributed by atoms with Gasteiger partial charge < -0.3 is 15.5 Å². The van der Waals surface area contributed by atoms with E-state index in [4.69, 9.17) is 17.3 Å². The van der Waals surface area contributed by atoms with E-state index in [9.17, 15) is 28.8 Å². The van der Waals surface area contributed by atoms with E-state index in [0.29, 0.717) is 51.6 Å². The zero-order valence-electron chi connectivity index (χ0n) is 30.1. The average Bonchev–Trinajstić information content (AvgIpc) is 3.65. The Balaban J connectivity index is 0.000000743. The number of carbonyl (C=O) groups excluding carboxylic acids is 6. The van der Waals surface area contributed by atoms with Crippen LogP contribution < -0.4 is 5.73 Å². The third kappa shape index (κ3) is 21.3. The Hall–Kier alpha value is -2.29. The molecule has 0 radical (unpaired) electrons. The van der Waals surface area contributed by atoms with Gasteiger partial charge >= 0.3 is 0 Å². The minimum atomic E-state index is -0.396. The van der Waals surface area contributed by atoms with Crippen LogP contribution >= 0.6 is 11.6 Å². The molecule has 2 heterocycles. The summed E-state index contributed by atoms with van der Waals surface area (Å²) in [6, 6.07) is -0.775. The Labute approximate surface area is 290 Å². The lowest BCUT2D eigenvalue weighted by Crippen LogP contribution is -2.44. The number of amides is 3. The molecule has 0 aromatic carbocycles. The van der Waals surface area contributed by atoms with Gasteiger partial charge in [-0.25, -0.2) is 0 Å². The molecule has 2 rings (SSSR count). The molecule has 3 amide bonds. The number of carbonyl (C=O) groups is 6. The van der Waals surface area contributed by atoms with Crippen LogP contribution in [0.2, 0.25) is 0 Å². The van der Waals surface area contributed by atoms with Gasteiger partial charge in [-0.2, -0.15) is 0 Å². The van der Waals surface area contributed by atoms with Crippen LogP contribution in [0.4, 0.5) is 0 Å². The van der Waals surface area contributed by atoms with Gasteiger partial charge in [-0.05, 0) is 50.1 Å². The number of unbranched alkanes of at least 4 members (excludes halogenated alkanes) is 12. The van der Waals surface area contributed by atoms with Crippen molar-refractivity contribution in [3.8, 4) is 0 Å². The van der Waals surface area contributed by atoms with Crippen LogP contribution in [0.1, 0.15) is 175 Å². The topological polar surface area (TPSA) is 135 Å². The number of hydrogen-bond acceptors (Lipinski definition) is 6. The molecule has 272 valence electrons. The van der Waals surface area contributed by atoms with Gasteiger partial charge in [0.05, 0.1) is 12.5 Å². The summed E-state index contributed by atoms with van der Waals surface area (Å²) in [5.41, 5.74) is 5.16. The number of primary amides is 1. The lowest BCUT2D eigenvalue weighted by Gasteiger charge is -2.25. The van der Waals surface area contributed by atoms with Crippen molar-refractivity contribution in [3.63, 3.8) is 0 Å². The van der Waals surface area contributed by atoms with Crippen LogP contribution in [0.5, 0.6) is 0 Å². The molecule has 0 unspecified atom stereocenters. The van der Waals surface area contributed by atoms with Crippen molar-refractivity contribution < 1.29 is 28.8 Å². The number of Topliss-reactive ketones (excluding diaryl/α,β-unsaturated/α-hetero) is 2. The molecular formula is C37H66ClN3O6. The molecule has 2 N–H and O–H groups in total. The fourth-order valence-corrected chi connectivity index (χ4v) is 6.23. The molecule has 2 atom stereocenters. The number of ketones is 2. The maximum Gasteiger partial charge on any atom is 0.240 e. The zero-order valence-corrected chi connectivity index (χ0v) is 30.9. The summed E-state index contributed by atoms with van der Waals surface area (Å²) in [7, 11) is 0. The van der Waals surface area contributed by atoms with Crippen LogP contribution in [0.3, 0.4) is 0 Å². The van der Waals surface area contributed by atoms with E-state index >= 15 is 0 Å². The van der Waals surface area contributed by atoms with Crippen molar-refractivity contribution in [2.24, 2.45) is 5.73 Å². The van der Waals surface area contributed by atoms with E-state index in [1.165, 1.54) is 64.2 Å². The number of nitrogens with zero attached hydrogens (tertiary/aromatic N) is 2. The van der Waals surface area contributed by atoms with E-state index in [1.54, 1.807) is 9.80 Å². The van der Waals surface area contributed by atoms with Gasteiger partial charge in [0, 0.05) is 38.8 Å². The Morgan fingerprint density at radius 1 is 0.638 bits per heavy atom. The van der Waals surface area contributed by atoms with E-state index in [-0.39, 0.29) is 47.1 Å². The molecule has 0 aromatic heterocycles. The summed E-state index contributed by atoms with van der Waals surface area (Å²) < 4.78 is 0. The number of likely N-dealkylation sites (tertiary alicyclic amines) is 2. The van der Waals surface area contributed by atoms with Crippen molar-refractivity contribution in [3.05, 3.63) is 0 Å². The number of hydrogen-bond donors (Lipinski definition) is 1. The molecule has 2 aliphatic rings. The van der Waals surface area contributed by atoms with E-state index in [2.05, 4.69) is 13.8 Å². The molecule has 0 saturated carbocycles. The van der Waals surface area contributed by atoms with Crippen molar-refractivity contribution in [1.82, 2.24) is 9.80 Å². The first kappa shape index (κ1) is 44.7. The zero-order chi connectivity index (χ0) is 35.5. The van der Waals surface area contributed by atoms with Gasteiger partial charge in [0.1, 0.15) is 11.8 Å². The summed E-state index contributed by atoms with van der Waals surface area (Å²) in [6.45, 7) is 9.53. The summed E-state index contributed by atoms with van der Waals surface area (Å²) in [5.74, 6) is -0.317. The summed E-state index contributed by atoms with van der Waals surface area (Å²) >= 11 is 5.20. The van der Waals surface area contributed by atoms with Gasteiger partial charge in [-0.15, -0.1) is 0 Å². The first-order valence-corrected chi connectivity index (χ1v) is 19.0. The second kappa shape index (κ2) is 28.7. The van der Waals surface area contributed by atoms with Gasteiger partial charge in [0.25, 0.3) is 0 Å². The average molecular weight is 684 g/mol. The highest BCUT2D eigenvalue weighted by atomic mass is 35.5. The molecule has 0 bridgehead atoms. The van der Waals surface area contributed by atoms with Crippen LogP contribution in [-0.2, 0) is 28.8 Å². The van der Waals surface area contributed by atoms with Gasteiger partial charge in [0.15, 0.2) is 5.78 Å². The van der Waals surface area contributed by atoms with Crippen molar-refractivity contribution in [2.45, 2.75) is 187 Å². The van der Waals surface area contributed by atoms with E-state index in [1.807, 2.05) is 13.8 Å². The third-order valence-corrected chi connectivity index (χ3v) is 9.04. The summed E-state index contributed by atoms with van der Waals surface area (Å²) in [6.07, 6.45) is 21.9. The number of nitrogens with two attached hydrogens (primary N) is 1. The van der Waals surface area contributed by atoms with Crippen molar-refractivity contribution in [1.29, 1.82) is 0 Å². The Morgan fingerprint density at radius 2 is 1.04 bits per heavy atom. The van der Waals surface area contributed by atoms with E-state index in [0.717, 1.165) is 38.5 Å². The predicted octanol–water partition coefficient (Wildman–Crippen LogP) is 7.82.